The van der Waals surface area contributed by atoms with Gasteiger partial charge in [0.15, 0.2) is 11.0 Å². The predicted molar refractivity (Wildman–Crippen MR) is 113 cm³/mol. The molecule has 2 heterocycles. The van der Waals surface area contributed by atoms with Gasteiger partial charge in [0.2, 0.25) is 0 Å². The summed E-state index contributed by atoms with van der Waals surface area (Å²) in [5.41, 5.74) is 3.07. The summed E-state index contributed by atoms with van der Waals surface area (Å²) in [7, 11) is 0. The first-order chi connectivity index (χ1) is 13.8. The molecule has 0 amide bonds. The number of hydrogen-bond acceptors (Lipinski definition) is 4. The van der Waals surface area contributed by atoms with E-state index in [1.54, 1.807) is 11.8 Å². The lowest BCUT2D eigenvalue weighted by molar-refractivity contribution is 0.649. The van der Waals surface area contributed by atoms with E-state index in [2.05, 4.69) is 48.8 Å². The Morgan fingerprint density at radius 2 is 1.86 bits per heavy atom. The minimum absolute atomic E-state index is 0.609. The maximum absolute atomic E-state index is 4.45. The normalized spacial score (nSPS) is 10.6. The van der Waals surface area contributed by atoms with Crippen LogP contribution in [0.25, 0.3) is 11.0 Å². The maximum atomic E-state index is 4.45. The Morgan fingerprint density at radius 1 is 1.04 bits per heavy atom. The highest BCUT2D eigenvalue weighted by Crippen LogP contribution is 2.19. The summed E-state index contributed by atoms with van der Waals surface area (Å²) in [6, 6.07) is 18.1. The lowest BCUT2D eigenvalue weighted by atomic mass is 10.2. The van der Waals surface area contributed by atoms with Crippen molar-refractivity contribution in [2.24, 2.45) is 0 Å². The molecule has 0 aliphatic rings. The Morgan fingerprint density at radius 3 is 2.71 bits per heavy atom. The van der Waals surface area contributed by atoms with Crippen LogP contribution in [0.4, 0.5) is 0 Å². The highest BCUT2D eigenvalue weighted by molar-refractivity contribution is 7.99. The molecule has 5 nitrogen and oxygen atoms in total. The molecule has 0 atom stereocenters. The van der Waals surface area contributed by atoms with E-state index in [1.165, 1.54) is 0 Å². The van der Waals surface area contributed by atoms with Crippen molar-refractivity contribution in [2.75, 3.05) is 5.75 Å². The molecule has 2 aromatic carbocycles. The summed E-state index contributed by atoms with van der Waals surface area (Å²) < 4.78 is 4.17. The van der Waals surface area contributed by atoms with Gasteiger partial charge in [-0.2, -0.15) is 0 Å². The monoisotopic (exact) mass is 385 g/mol. The Kier molecular flexibility index (Phi) is 5.55. The Balaban J connectivity index is 1.51. The van der Waals surface area contributed by atoms with Crippen LogP contribution in [-0.4, -0.2) is 30.1 Å². The van der Waals surface area contributed by atoms with Gasteiger partial charge in [-0.15, -0.1) is 16.8 Å². The standard InChI is InChI=1S/C22H19N5S/c1-2-14-27-21(16-26-17-23-19-12-6-7-13-20(19)26)24-25-22(27)28-15-8-11-18-9-4-3-5-10-18/h2-7,9-10,12-13,17H,1,14-16H2. The molecule has 0 radical (unpaired) electrons. The molecule has 0 unspecified atom stereocenters. The fourth-order valence-corrected chi connectivity index (χ4v) is 3.61. The maximum Gasteiger partial charge on any atom is 0.192 e. The van der Waals surface area contributed by atoms with Crippen LogP contribution in [0.15, 0.2) is 78.7 Å². The zero-order chi connectivity index (χ0) is 19.2. The molecule has 0 aliphatic heterocycles. The van der Waals surface area contributed by atoms with E-state index < -0.39 is 0 Å². The van der Waals surface area contributed by atoms with E-state index in [9.17, 15) is 0 Å². The van der Waals surface area contributed by atoms with Gasteiger partial charge in [-0.25, -0.2) is 4.98 Å². The predicted octanol–water partition coefficient (Wildman–Crippen LogP) is 4.01. The van der Waals surface area contributed by atoms with Gasteiger partial charge in [0.25, 0.3) is 0 Å². The molecule has 28 heavy (non-hydrogen) atoms. The second kappa shape index (κ2) is 8.59. The average molecular weight is 385 g/mol. The van der Waals surface area contributed by atoms with Crippen LogP contribution in [-0.2, 0) is 13.1 Å². The lowest BCUT2D eigenvalue weighted by Gasteiger charge is -2.08. The lowest BCUT2D eigenvalue weighted by Crippen LogP contribution is -2.08. The number of imidazole rings is 1. The molecule has 0 saturated heterocycles. The van der Waals surface area contributed by atoms with Crippen molar-refractivity contribution in [3.8, 4) is 11.8 Å². The summed E-state index contributed by atoms with van der Waals surface area (Å²) in [5, 5.41) is 9.62. The summed E-state index contributed by atoms with van der Waals surface area (Å²) in [6.07, 6.45) is 3.70. The van der Waals surface area contributed by atoms with E-state index in [1.807, 2.05) is 60.9 Å². The van der Waals surface area contributed by atoms with Crippen molar-refractivity contribution >= 4 is 22.8 Å². The van der Waals surface area contributed by atoms with Crippen LogP contribution >= 0.6 is 11.8 Å². The molecule has 4 aromatic rings. The fraction of sp³-hybridized carbons (Fsp3) is 0.136. The van der Waals surface area contributed by atoms with Crippen LogP contribution in [0.1, 0.15) is 11.4 Å². The number of fused-ring (bicyclic) bond motifs is 1. The van der Waals surface area contributed by atoms with Crippen molar-refractivity contribution in [3.63, 3.8) is 0 Å². The van der Waals surface area contributed by atoms with E-state index in [0.717, 1.165) is 27.6 Å². The molecular weight excluding hydrogens is 366 g/mol. The molecule has 0 fully saturated rings. The third-order valence-electron chi connectivity index (χ3n) is 4.22. The van der Waals surface area contributed by atoms with Gasteiger partial charge in [0, 0.05) is 12.1 Å². The Hall–Kier alpha value is -3.30. The first kappa shape index (κ1) is 18.1. The Bertz CT molecular complexity index is 1150. The topological polar surface area (TPSA) is 48.5 Å². The smallest absolute Gasteiger partial charge is 0.192 e. The number of allylic oxidation sites excluding steroid dienone is 1. The molecule has 0 spiro atoms. The molecule has 138 valence electrons. The molecule has 0 bridgehead atoms. The van der Waals surface area contributed by atoms with Crippen molar-refractivity contribution in [1.29, 1.82) is 0 Å². The van der Waals surface area contributed by atoms with Crippen molar-refractivity contribution in [2.45, 2.75) is 18.2 Å². The fourth-order valence-electron chi connectivity index (χ4n) is 2.90. The molecule has 6 heteroatoms. The minimum atomic E-state index is 0.609. The highest BCUT2D eigenvalue weighted by atomic mass is 32.2. The van der Waals surface area contributed by atoms with Gasteiger partial charge in [-0.3, -0.25) is 0 Å². The van der Waals surface area contributed by atoms with Crippen molar-refractivity contribution in [1.82, 2.24) is 24.3 Å². The second-order valence-corrected chi connectivity index (χ2v) is 7.06. The number of thioether (sulfide) groups is 1. The number of benzene rings is 2. The van der Waals surface area contributed by atoms with Crippen LogP contribution in [0, 0.1) is 11.8 Å². The largest absolute Gasteiger partial charge is 0.323 e. The number of rotatable bonds is 6. The second-order valence-electron chi connectivity index (χ2n) is 6.12. The summed E-state index contributed by atoms with van der Waals surface area (Å²) in [5.74, 6) is 7.89. The number of hydrogen-bond donors (Lipinski definition) is 0. The summed E-state index contributed by atoms with van der Waals surface area (Å²) in [4.78, 5) is 4.45. The minimum Gasteiger partial charge on any atom is -0.323 e. The van der Waals surface area contributed by atoms with Gasteiger partial charge in [-0.1, -0.05) is 60.0 Å². The number of para-hydroxylation sites is 2. The highest BCUT2D eigenvalue weighted by Gasteiger charge is 2.13. The molecule has 2 aromatic heterocycles. The average Bonchev–Trinajstić information content (AvgIpc) is 3.31. The van der Waals surface area contributed by atoms with E-state index in [4.69, 9.17) is 0 Å². The van der Waals surface area contributed by atoms with Crippen molar-refractivity contribution in [3.05, 3.63) is 85.0 Å². The quantitative estimate of drug-likeness (QED) is 0.286. The van der Waals surface area contributed by atoms with Crippen LogP contribution in [0.2, 0.25) is 0 Å². The van der Waals surface area contributed by atoms with Gasteiger partial charge >= 0.3 is 0 Å². The van der Waals surface area contributed by atoms with Gasteiger partial charge in [0.05, 0.1) is 29.7 Å². The van der Waals surface area contributed by atoms with E-state index in [0.29, 0.717) is 18.8 Å². The first-order valence-electron chi connectivity index (χ1n) is 8.94. The summed E-state index contributed by atoms with van der Waals surface area (Å²) in [6.45, 7) is 5.13. The van der Waals surface area contributed by atoms with Gasteiger partial charge in [0.1, 0.15) is 0 Å². The first-order valence-corrected chi connectivity index (χ1v) is 9.93. The number of nitrogens with zero attached hydrogens (tertiary/aromatic N) is 5. The van der Waals surface area contributed by atoms with Crippen molar-refractivity contribution < 1.29 is 0 Å². The van der Waals surface area contributed by atoms with E-state index >= 15 is 0 Å². The van der Waals surface area contributed by atoms with Crippen LogP contribution < -0.4 is 0 Å². The Labute approximate surface area is 168 Å². The zero-order valence-electron chi connectivity index (χ0n) is 15.3. The van der Waals surface area contributed by atoms with E-state index in [-0.39, 0.29) is 0 Å². The third-order valence-corrected chi connectivity index (χ3v) is 5.07. The van der Waals surface area contributed by atoms with Gasteiger partial charge in [-0.05, 0) is 24.3 Å². The van der Waals surface area contributed by atoms with Gasteiger partial charge < -0.3 is 9.13 Å². The third kappa shape index (κ3) is 4.00. The number of aromatic nitrogens is 5. The van der Waals surface area contributed by atoms with Crippen LogP contribution in [0.5, 0.6) is 0 Å². The molecular formula is C22H19N5S. The molecule has 0 saturated carbocycles. The SMILES string of the molecule is C=CCn1c(Cn2cnc3ccccc32)nnc1SCC#Cc1ccccc1. The molecule has 4 rings (SSSR count). The van der Waals surface area contributed by atoms with Crippen LogP contribution in [0.3, 0.4) is 0 Å². The molecule has 0 N–H and O–H groups in total. The molecule has 0 aliphatic carbocycles. The zero-order valence-corrected chi connectivity index (χ0v) is 16.1. The summed E-state index contributed by atoms with van der Waals surface area (Å²) >= 11 is 1.59.